The van der Waals surface area contributed by atoms with Crippen molar-refractivity contribution in [1.82, 2.24) is 10.2 Å². The molecule has 0 bridgehead atoms. The number of aryl methyl sites for hydroxylation is 1. The van der Waals surface area contributed by atoms with E-state index in [4.69, 9.17) is 11.6 Å². The first-order chi connectivity index (χ1) is 17.0. The third-order valence-electron chi connectivity index (χ3n) is 6.24. The van der Waals surface area contributed by atoms with Crippen molar-refractivity contribution in [3.05, 3.63) is 64.7 Å². The summed E-state index contributed by atoms with van der Waals surface area (Å²) in [5.74, 6) is -0.366. The van der Waals surface area contributed by atoms with E-state index in [9.17, 15) is 18.0 Å². The lowest BCUT2D eigenvalue weighted by molar-refractivity contribution is -0.141. The Morgan fingerprint density at radius 2 is 1.75 bits per heavy atom. The van der Waals surface area contributed by atoms with Gasteiger partial charge in [-0.15, -0.1) is 0 Å². The van der Waals surface area contributed by atoms with Crippen LogP contribution >= 0.6 is 11.6 Å². The van der Waals surface area contributed by atoms with Crippen molar-refractivity contribution in [2.75, 3.05) is 17.1 Å². The summed E-state index contributed by atoms with van der Waals surface area (Å²) in [6.45, 7) is 8.24. The van der Waals surface area contributed by atoms with Crippen LogP contribution in [-0.4, -0.2) is 50.0 Å². The number of halogens is 1. The molecule has 0 heterocycles. The minimum Gasteiger partial charge on any atom is -0.352 e. The SMILES string of the molecule is CC[C@@H](C)NC(=O)[C@@H](CC)N(Cc1ccccc1C)C(=O)CCCN(c1cccc(Cl)c1)S(C)(=O)=O. The molecule has 0 aliphatic rings. The number of carbonyl (C=O) groups is 2. The van der Waals surface area contributed by atoms with Gasteiger partial charge in [-0.3, -0.25) is 13.9 Å². The topological polar surface area (TPSA) is 86.8 Å². The van der Waals surface area contributed by atoms with Crippen LogP contribution in [0, 0.1) is 6.92 Å². The quantitative estimate of drug-likeness (QED) is 0.394. The Morgan fingerprint density at radius 3 is 2.33 bits per heavy atom. The van der Waals surface area contributed by atoms with Gasteiger partial charge in [-0.25, -0.2) is 8.42 Å². The summed E-state index contributed by atoms with van der Waals surface area (Å²) in [7, 11) is -3.57. The van der Waals surface area contributed by atoms with Crippen LogP contribution in [0.1, 0.15) is 57.6 Å². The first kappa shape index (κ1) is 29.6. The minimum atomic E-state index is -3.57. The van der Waals surface area contributed by atoms with Gasteiger partial charge in [0.1, 0.15) is 6.04 Å². The summed E-state index contributed by atoms with van der Waals surface area (Å²) in [5.41, 5.74) is 2.46. The van der Waals surface area contributed by atoms with Crippen LogP contribution in [0.25, 0.3) is 0 Å². The number of sulfonamides is 1. The Bertz CT molecular complexity index is 1140. The van der Waals surface area contributed by atoms with Crippen LogP contribution in [0.2, 0.25) is 5.02 Å². The predicted molar refractivity (Wildman–Crippen MR) is 147 cm³/mol. The summed E-state index contributed by atoms with van der Waals surface area (Å²) >= 11 is 6.06. The molecule has 198 valence electrons. The van der Waals surface area contributed by atoms with Crippen molar-refractivity contribution >= 4 is 39.1 Å². The minimum absolute atomic E-state index is 0.00276. The molecule has 2 aromatic carbocycles. The van der Waals surface area contributed by atoms with Gasteiger partial charge in [-0.05, 0) is 62.4 Å². The van der Waals surface area contributed by atoms with Crippen molar-refractivity contribution in [2.45, 2.75) is 72.0 Å². The van der Waals surface area contributed by atoms with Crippen LogP contribution in [-0.2, 0) is 26.2 Å². The van der Waals surface area contributed by atoms with Crippen molar-refractivity contribution in [3.8, 4) is 0 Å². The molecule has 0 spiro atoms. The molecule has 0 aromatic heterocycles. The van der Waals surface area contributed by atoms with Gasteiger partial charge in [0.2, 0.25) is 21.8 Å². The number of nitrogens with zero attached hydrogens (tertiary/aromatic N) is 2. The molecular formula is C27H38ClN3O4S. The second-order valence-electron chi connectivity index (χ2n) is 9.11. The van der Waals surface area contributed by atoms with E-state index in [-0.39, 0.29) is 30.8 Å². The van der Waals surface area contributed by atoms with E-state index in [1.807, 2.05) is 52.0 Å². The number of carbonyl (C=O) groups excluding carboxylic acids is 2. The fourth-order valence-corrected chi connectivity index (χ4v) is 5.11. The molecule has 36 heavy (non-hydrogen) atoms. The zero-order valence-corrected chi connectivity index (χ0v) is 23.4. The Kier molecular flexibility index (Phi) is 11.2. The van der Waals surface area contributed by atoms with E-state index in [1.54, 1.807) is 29.2 Å². The molecule has 0 saturated carbocycles. The smallest absolute Gasteiger partial charge is 0.243 e. The van der Waals surface area contributed by atoms with Gasteiger partial charge in [0.25, 0.3) is 0 Å². The molecule has 9 heteroatoms. The fraction of sp³-hybridized carbons (Fsp3) is 0.481. The molecular weight excluding hydrogens is 498 g/mol. The van der Waals surface area contributed by atoms with Gasteiger partial charge in [0.05, 0.1) is 11.9 Å². The molecule has 0 radical (unpaired) electrons. The average Bonchev–Trinajstić information content (AvgIpc) is 2.81. The van der Waals surface area contributed by atoms with E-state index < -0.39 is 16.1 Å². The van der Waals surface area contributed by atoms with E-state index >= 15 is 0 Å². The number of benzene rings is 2. The molecule has 2 rings (SSSR count). The zero-order valence-electron chi connectivity index (χ0n) is 21.8. The van der Waals surface area contributed by atoms with Gasteiger partial charge in [-0.1, -0.05) is 55.8 Å². The van der Waals surface area contributed by atoms with Crippen LogP contribution < -0.4 is 9.62 Å². The number of amides is 2. The summed E-state index contributed by atoms with van der Waals surface area (Å²) in [6.07, 6.45) is 2.79. The van der Waals surface area contributed by atoms with E-state index in [0.29, 0.717) is 30.1 Å². The lowest BCUT2D eigenvalue weighted by Gasteiger charge is -2.32. The summed E-state index contributed by atoms with van der Waals surface area (Å²) in [6, 6.07) is 13.8. The average molecular weight is 536 g/mol. The first-order valence-corrected chi connectivity index (χ1v) is 14.6. The molecule has 0 aliphatic heterocycles. The second-order valence-corrected chi connectivity index (χ2v) is 11.5. The summed E-state index contributed by atoms with van der Waals surface area (Å²) in [4.78, 5) is 28.2. The van der Waals surface area contributed by atoms with Gasteiger partial charge < -0.3 is 10.2 Å². The molecule has 2 amide bonds. The normalized spacial score (nSPS) is 13.1. The molecule has 0 saturated heterocycles. The highest BCUT2D eigenvalue weighted by Crippen LogP contribution is 2.23. The van der Waals surface area contributed by atoms with Crippen molar-refractivity contribution < 1.29 is 18.0 Å². The van der Waals surface area contributed by atoms with Crippen molar-refractivity contribution in [2.24, 2.45) is 0 Å². The Labute approximate surface area is 220 Å². The highest BCUT2D eigenvalue weighted by atomic mass is 35.5. The molecule has 1 N–H and O–H groups in total. The fourth-order valence-electron chi connectivity index (χ4n) is 3.97. The van der Waals surface area contributed by atoms with E-state index in [0.717, 1.165) is 23.8 Å². The molecule has 7 nitrogen and oxygen atoms in total. The predicted octanol–water partition coefficient (Wildman–Crippen LogP) is 4.92. The first-order valence-electron chi connectivity index (χ1n) is 12.4. The van der Waals surface area contributed by atoms with Crippen LogP contribution in [0.15, 0.2) is 48.5 Å². The van der Waals surface area contributed by atoms with Gasteiger partial charge in [0, 0.05) is 30.6 Å². The second kappa shape index (κ2) is 13.7. The molecule has 2 atom stereocenters. The van der Waals surface area contributed by atoms with Crippen LogP contribution in [0.3, 0.4) is 0 Å². The van der Waals surface area contributed by atoms with E-state index in [1.165, 1.54) is 4.31 Å². The third kappa shape index (κ3) is 8.52. The van der Waals surface area contributed by atoms with Crippen LogP contribution in [0.5, 0.6) is 0 Å². The molecule has 0 unspecified atom stereocenters. The number of rotatable bonds is 13. The maximum Gasteiger partial charge on any atom is 0.243 e. The third-order valence-corrected chi connectivity index (χ3v) is 7.67. The monoisotopic (exact) mass is 535 g/mol. The lowest BCUT2D eigenvalue weighted by Crippen LogP contribution is -2.50. The summed E-state index contributed by atoms with van der Waals surface area (Å²) < 4.78 is 26.1. The van der Waals surface area contributed by atoms with Gasteiger partial charge >= 0.3 is 0 Å². The Balaban J connectivity index is 2.24. The van der Waals surface area contributed by atoms with Gasteiger partial charge in [0.15, 0.2) is 0 Å². The maximum atomic E-state index is 13.5. The zero-order chi connectivity index (χ0) is 26.9. The molecule has 0 fully saturated rings. The summed E-state index contributed by atoms with van der Waals surface area (Å²) in [5, 5.41) is 3.43. The standard InChI is InChI=1S/C27H38ClN3O4S/c1-6-21(4)29-27(33)25(7-2)30(19-22-13-9-8-12-20(22)3)26(32)16-11-17-31(36(5,34)35)24-15-10-14-23(28)18-24/h8-10,12-15,18,21,25H,6-7,11,16-17,19H2,1-5H3,(H,29,33)/t21-,25-/m1/s1. The number of hydrogen-bond donors (Lipinski definition) is 1. The van der Waals surface area contributed by atoms with Crippen molar-refractivity contribution in [1.29, 1.82) is 0 Å². The Hall–Kier alpha value is -2.58. The number of hydrogen-bond acceptors (Lipinski definition) is 4. The Morgan fingerprint density at radius 1 is 1.06 bits per heavy atom. The maximum absolute atomic E-state index is 13.5. The van der Waals surface area contributed by atoms with Crippen molar-refractivity contribution in [3.63, 3.8) is 0 Å². The molecule has 0 aliphatic carbocycles. The number of nitrogens with one attached hydrogen (secondary N) is 1. The van der Waals surface area contributed by atoms with Crippen LogP contribution in [0.4, 0.5) is 5.69 Å². The number of anilines is 1. The highest BCUT2D eigenvalue weighted by Gasteiger charge is 2.29. The van der Waals surface area contributed by atoms with Gasteiger partial charge in [-0.2, -0.15) is 0 Å². The largest absolute Gasteiger partial charge is 0.352 e. The van der Waals surface area contributed by atoms with E-state index in [2.05, 4.69) is 5.32 Å². The molecule has 2 aromatic rings. The highest BCUT2D eigenvalue weighted by molar-refractivity contribution is 7.92. The lowest BCUT2D eigenvalue weighted by atomic mass is 10.0.